The molecule has 2 N–H and O–H groups in total. The van der Waals surface area contributed by atoms with Gasteiger partial charge in [-0.25, -0.2) is 0 Å². The van der Waals surface area contributed by atoms with Crippen molar-refractivity contribution in [3.63, 3.8) is 0 Å². The van der Waals surface area contributed by atoms with E-state index in [-0.39, 0.29) is 56.7 Å². The SMILES string of the molecule is O=C(CCc1ccc(O)cc1)NCC(=O)N1CCN(C(=O)c2ccccc2C(F)(F)F)CC1. The number of benzene rings is 2. The van der Waals surface area contributed by atoms with Crippen LogP contribution < -0.4 is 5.32 Å². The number of halogens is 3. The molecule has 2 aromatic carbocycles. The zero-order valence-corrected chi connectivity index (χ0v) is 17.8. The Morgan fingerprint density at radius 3 is 2.15 bits per heavy atom. The summed E-state index contributed by atoms with van der Waals surface area (Å²) >= 11 is 0. The summed E-state index contributed by atoms with van der Waals surface area (Å²) < 4.78 is 39.6. The van der Waals surface area contributed by atoms with E-state index in [1.165, 1.54) is 34.1 Å². The highest BCUT2D eigenvalue weighted by Crippen LogP contribution is 2.32. The molecule has 0 aliphatic carbocycles. The molecule has 10 heteroatoms. The lowest BCUT2D eigenvalue weighted by atomic mass is 10.1. The number of phenols is 1. The van der Waals surface area contributed by atoms with Crippen molar-refractivity contribution in [2.75, 3.05) is 32.7 Å². The van der Waals surface area contributed by atoms with Crippen LogP contribution in [0.5, 0.6) is 5.75 Å². The van der Waals surface area contributed by atoms with E-state index in [1.807, 2.05) is 0 Å². The first-order valence-corrected chi connectivity index (χ1v) is 10.4. The first-order chi connectivity index (χ1) is 15.6. The summed E-state index contributed by atoms with van der Waals surface area (Å²) in [6.45, 7) is 0.348. The normalized spacial score (nSPS) is 14.2. The summed E-state index contributed by atoms with van der Waals surface area (Å²) in [5.74, 6) is -1.21. The molecule has 0 radical (unpaired) electrons. The van der Waals surface area contributed by atoms with Crippen molar-refractivity contribution in [3.8, 4) is 5.75 Å². The number of phenolic OH excluding ortho intramolecular Hbond substituents is 1. The highest BCUT2D eigenvalue weighted by atomic mass is 19.4. The van der Waals surface area contributed by atoms with Gasteiger partial charge < -0.3 is 20.2 Å². The number of amides is 3. The van der Waals surface area contributed by atoms with Crippen molar-refractivity contribution in [2.45, 2.75) is 19.0 Å². The fourth-order valence-electron chi connectivity index (χ4n) is 3.54. The minimum Gasteiger partial charge on any atom is -0.508 e. The van der Waals surface area contributed by atoms with Gasteiger partial charge in [-0.2, -0.15) is 13.2 Å². The topological polar surface area (TPSA) is 89.9 Å². The number of rotatable bonds is 6. The fourth-order valence-corrected chi connectivity index (χ4v) is 3.54. The van der Waals surface area contributed by atoms with Crippen LogP contribution in [0.25, 0.3) is 0 Å². The molecule has 3 amide bonds. The van der Waals surface area contributed by atoms with Crippen LogP contribution in [0.15, 0.2) is 48.5 Å². The van der Waals surface area contributed by atoms with Crippen molar-refractivity contribution >= 4 is 17.7 Å². The van der Waals surface area contributed by atoms with E-state index < -0.39 is 23.2 Å². The Kier molecular flexibility index (Phi) is 7.57. The summed E-state index contributed by atoms with van der Waals surface area (Å²) in [5.41, 5.74) is -0.517. The van der Waals surface area contributed by atoms with Gasteiger partial charge in [-0.3, -0.25) is 14.4 Å². The van der Waals surface area contributed by atoms with E-state index in [9.17, 15) is 32.7 Å². The Morgan fingerprint density at radius 2 is 1.52 bits per heavy atom. The monoisotopic (exact) mass is 463 g/mol. The highest BCUT2D eigenvalue weighted by Gasteiger charge is 2.36. The number of carbonyl (C=O) groups excluding carboxylic acids is 3. The molecule has 1 aliphatic rings. The third-order valence-corrected chi connectivity index (χ3v) is 5.40. The molecule has 0 bridgehead atoms. The van der Waals surface area contributed by atoms with E-state index in [0.717, 1.165) is 17.7 Å². The molecule has 7 nitrogen and oxygen atoms in total. The lowest BCUT2D eigenvalue weighted by molar-refractivity contribution is -0.138. The minimum absolute atomic E-state index is 0.103. The molecule has 0 aromatic heterocycles. The molecular formula is C23H24F3N3O4. The van der Waals surface area contributed by atoms with Crippen molar-refractivity contribution in [1.82, 2.24) is 15.1 Å². The molecule has 1 aliphatic heterocycles. The van der Waals surface area contributed by atoms with Crippen LogP contribution in [-0.2, 0) is 22.2 Å². The minimum atomic E-state index is -4.63. The first kappa shape index (κ1) is 24.1. The lowest BCUT2D eigenvalue weighted by Gasteiger charge is -2.35. The molecule has 2 aromatic rings. The highest BCUT2D eigenvalue weighted by molar-refractivity contribution is 5.96. The molecule has 0 unspecified atom stereocenters. The molecule has 3 rings (SSSR count). The predicted molar refractivity (Wildman–Crippen MR) is 113 cm³/mol. The summed E-state index contributed by atoms with van der Waals surface area (Å²) in [6, 6.07) is 11.1. The van der Waals surface area contributed by atoms with Crippen molar-refractivity contribution in [2.24, 2.45) is 0 Å². The summed E-state index contributed by atoms with van der Waals surface area (Å²) in [4.78, 5) is 39.8. The van der Waals surface area contributed by atoms with E-state index in [4.69, 9.17) is 0 Å². The number of aromatic hydroxyl groups is 1. The quantitative estimate of drug-likeness (QED) is 0.689. The Balaban J connectivity index is 1.45. The van der Waals surface area contributed by atoms with Crippen LogP contribution >= 0.6 is 0 Å². The van der Waals surface area contributed by atoms with Crippen LogP contribution in [0.2, 0.25) is 0 Å². The van der Waals surface area contributed by atoms with E-state index in [2.05, 4.69) is 5.32 Å². The van der Waals surface area contributed by atoms with Gasteiger partial charge in [0.1, 0.15) is 5.75 Å². The number of carbonyl (C=O) groups is 3. The molecule has 0 atom stereocenters. The fraction of sp³-hybridized carbons (Fsp3) is 0.348. The van der Waals surface area contributed by atoms with Gasteiger partial charge in [0.25, 0.3) is 5.91 Å². The van der Waals surface area contributed by atoms with E-state index in [1.54, 1.807) is 12.1 Å². The Hall–Kier alpha value is -3.56. The molecule has 33 heavy (non-hydrogen) atoms. The molecule has 1 saturated heterocycles. The molecule has 1 heterocycles. The molecular weight excluding hydrogens is 439 g/mol. The van der Waals surface area contributed by atoms with E-state index in [0.29, 0.717) is 6.42 Å². The number of alkyl halides is 3. The van der Waals surface area contributed by atoms with Gasteiger partial charge in [-0.15, -0.1) is 0 Å². The average Bonchev–Trinajstić information content (AvgIpc) is 2.81. The Morgan fingerprint density at radius 1 is 0.909 bits per heavy atom. The second-order valence-corrected chi connectivity index (χ2v) is 7.66. The number of nitrogens with one attached hydrogen (secondary N) is 1. The van der Waals surface area contributed by atoms with Crippen molar-refractivity contribution in [1.29, 1.82) is 0 Å². The number of hydrogen-bond donors (Lipinski definition) is 2. The summed E-state index contributed by atoms with van der Waals surface area (Å²) in [6.07, 6.45) is -4.00. The van der Waals surface area contributed by atoms with Crippen LogP contribution in [0.1, 0.15) is 27.9 Å². The molecule has 0 saturated carbocycles. The Bertz CT molecular complexity index is 1000. The van der Waals surface area contributed by atoms with E-state index >= 15 is 0 Å². The van der Waals surface area contributed by atoms with Gasteiger partial charge in [-0.1, -0.05) is 24.3 Å². The van der Waals surface area contributed by atoms with Crippen molar-refractivity contribution < 1.29 is 32.7 Å². The van der Waals surface area contributed by atoms with Crippen LogP contribution in [-0.4, -0.2) is 65.4 Å². The van der Waals surface area contributed by atoms with Crippen molar-refractivity contribution in [3.05, 3.63) is 65.2 Å². The number of hydrogen-bond acceptors (Lipinski definition) is 4. The van der Waals surface area contributed by atoms with Crippen LogP contribution in [0.3, 0.4) is 0 Å². The predicted octanol–water partition coefficient (Wildman–Crippen LogP) is 2.44. The van der Waals surface area contributed by atoms with Crippen LogP contribution in [0.4, 0.5) is 13.2 Å². The largest absolute Gasteiger partial charge is 0.508 e. The maximum atomic E-state index is 13.2. The zero-order valence-electron chi connectivity index (χ0n) is 17.8. The standard InChI is InChI=1S/C23H24F3N3O4/c24-23(25,26)19-4-2-1-3-18(19)22(33)29-13-11-28(12-14-29)21(32)15-27-20(31)10-7-16-5-8-17(30)9-6-16/h1-6,8-9,30H,7,10-15H2,(H,27,31). The number of piperazine rings is 1. The number of nitrogens with zero attached hydrogens (tertiary/aromatic N) is 2. The van der Waals surface area contributed by atoms with Gasteiger partial charge in [0.2, 0.25) is 11.8 Å². The van der Waals surface area contributed by atoms with Crippen LogP contribution in [0, 0.1) is 0 Å². The maximum absolute atomic E-state index is 13.2. The summed E-state index contributed by atoms with van der Waals surface area (Å²) in [7, 11) is 0. The third kappa shape index (κ3) is 6.47. The van der Waals surface area contributed by atoms with Gasteiger partial charge in [-0.05, 0) is 36.2 Å². The summed E-state index contributed by atoms with van der Waals surface area (Å²) in [5, 5.41) is 11.8. The molecule has 0 spiro atoms. The second kappa shape index (κ2) is 10.4. The molecule has 1 fully saturated rings. The average molecular weight is 463 g/mol. The van der Waals surface area contributed by atoms with Gasteiger partial charge in [0, 0.05) is 32.6 Å². The van der Waals surface area contributed by atoms with Gasteiger partial charge >= 0.3 is 6.18 Å². The second-order valence-electron chi connectivity index (χ2n) is 7.66. The lowest BCUT2D eigenvalue weighted by Crippen LogP contribution is -2.52. The first-order valence-electron chi connectivity index (χ1n) is 10.4. The Labute approximate surface area is 188 Å². The molecule has 176 valence electrons. The van der Waals surface area contributed by atoms with Gasteiger partial charge in [0.15, 0.2) is 0 Å². The maximum Gasteiger partial charge on any atom is 0.417 e. The zero-order chi connectivity index (χ0) is 24.0. The number of aryl methyl sites for hydroxylation is 1. The smallest absolute Gasteiger partial charge is 0.417 e. The third-order valence-electron chi connectivity index (χ3n) is 5.40. The van der Waals surface area contributed by atoms with Gasteiger partial charge in [0.05, 0.1) is 17.7 Å².